The van der Waals surface area contributed by atoms with E-state index in [0.717, 1.165) is 30.6 Å². The highest BCUT2D eigenvalue weighted by Crippen LogP contribution is 2.26. The van der Waals surface area contributed by atoms with Crippen molar-refractivity contribution in [1.82, 2.24) is 20.3 Å². The number of carbonyl (C=O) groups excluding carboxylic acids is 1. The summed E-state index contributed by atoms with van der Waals surface area (Å²) in [4.78, 5) is 28.0. The molecule has 1 aromatic heterocycles. The Morgan fingerprint density at radius 1 is 1.11 bits per heavy atom. The number of hydrogen-bond acceptors (Lipinski definition) is 8. The van der Waals surface area contributed by atoms with Gasteiger partial charge in [-0.1, -0.05) is 53.5 Å². The predicted octanol–water partition coefficient (Wildman–Crippen LogP) is 4.23. The molecule has 9 nitrogen and oxygen atoms in total. The van der Waals surface area contributed by atoms with Gasteiger partial charge in [0.15, 0.2) is 0 Å². The van der Waals surface area contributed by atoms with E-state index in [1.807, 2.05) is 20.0 Å². The number of carbonyl (C=O) groups is 1. The van der Waals surface area contributed by atoms with Crippen LogP contribution >= 0.6 is 0 Å². The van der Waals surface area contributed by atoms with Gasteiger partial charge < -0.3 is 26.6 Å². The van der Waals surface area contributed by atoms with Crippen molar-refractivity contribution in [3.05, 3.63) is 29.3 Å². The molecule has 0 aliphatic heterocycles. The summed E-state index contributed by atoms with van der Waals surface area (Å²) >= 11 is 0. The molecule has 0 spiro atoms. The second-order valence-corrected chi connectivity index (χ2v) is 11.2. The van der Waals surface area contributed by atoms with Crippen molar-refractivity contribution in [3.8, 4) is 0 Å². The van der Waals surface area contributed by atoms with E-state index < -0.39 is 5.91 Å². The molecular formula is C26H42N8O. The standard InChI is InChI=1S/C26H42N8O/c1-16(2)28-19-10-8-9-11-20(19)29-23-31-24(33-25(32-23)34(7)15-26(4,5)6)30-21-14-18(22(27)35)13-12-17(21)3/h12-14,16,19-20,28H,8-11,15H2,1-7H3,(H2,27,35)(H2,29,30,31,32,33)/t19-,20+/m0/s1. The van der Waals surface area contributed by atoms with Crippen LogP contribution in [-0.4, -0.2) is 52.6 Å². The lowest BCUT2D eigenvalue weighted by molar-refractivity contribution is 0.100. The van der Waals surface area contributed by atoms with E-state index in [4.69, 9.17) is 20.7 Å². The smallest absolute Gasteiger partial charge is 0.248 e. The second kappa shape index (κ2) is 11.2. The third-order valence-corrected chi connectivity index (χ3v) is 6.07. The zero-order valence-electron chi connectivity index (χ0n) is 22.3. The highest BCUT2D eigenvalue weighted by Gasteiger charge is 2.27. The van der Waals surface area contributed by atoms with E-state index in [2.05, 4.69) is 55.5 Å². The van der Waals surface area contributed by atoms with Gasteiger partial charge in [-0.2, -0.15) is 15.0 Å². The number of aryl methyl sites for hydroxylation is 1. The van der Waals surface area contributed by atoms with E-state index in [-0.39, 0.29) is 11.5 Å². The first-order valence-corrected chi connectivity index (χ1v) is 12.6. The van der Waals surface area contributed by atoms with Gasteiger partial charge in [-0.15, -0.1) is 0 Å². The number of amides is 1. The maximum atomic E-state index is 11.7. The molecule has 0 saturated heterocycles. The van der Waals surface area contributed by atoms with Gasteiger partial charge in [-0.3, -0.25) is 4.79 Å². The molecule has 1 fully saturated rings. The summed E-state index contributed by atoms with van der Waals surface area (Å²) in [5, 5.41) is 10.6. The van der Waals surface area contributed by atoms with Crippen molar-refractivity contribution in [2.24, 2.45) is 11.1 Å². The topological polar surface area (TPSA) is 121 Å². The lowest BCUT2D eigenvalue weighted by Gasteiger charge is -2.34. The molecule has 35 heavy (non-hydrogen) atoms. The third-order valence-electron chi connectivity index (χ3n) is 6.07. The Balaban J connectivity index is 1.94. The van der Waals surface area contributed by atoms with Crippen LogP contribution in [0, 0.1) is 12.3 Å². The minimum atomic E-state index is -0.474. The van der Waals surface area contributed by atoms with E-state index >= 15 is 0 Å². The van der Waals surface area contributed by atoms with E-state index in [1.165, 1.54) is 12.8 Å². The third kappa shape index (κ3) is 7.78. The number of nitrogens with two attached hydrogens (primary N) is 1. The molecule has 1 aliphatic rings. The molecule has 1 amide bonds. The Labute approximate surface area is 209 Å². The van der Waals surface area contributed by atoms with E-state index in [9.17, 15) is 4.79 Å². The van der Waals surface area contributed by atoms with Gasteiger partial charge in [0.25, 0.3) is 0 Å². The number of aromatic nitrogens is 3. The molecular weight excluding hydrogens is 440 g/mol. The number of primary amides is 1. The molecule has 192 valence electrons. The Hall–Kier alpha value is -2.94. The lowest BCUT2D eigenvalue weighted by atomic mass is 9.90. The number of hydrogen-bond donors (Lipinski definition) is 4. The number of nitrogens with zero attached hydrogens (tertiary/aromatic N) is 4. The van der Waals surface area contributed by atoms with Crippen molar-refractivity contribution in [1.29, 1.82) is 0 Å². The fourth-order valence-corrected chi connectivity index (χ4v) is 4.57. The van der Waals surface area contributed by atoms with E-state index in [1.54, 1.807) is 12.1 Å². The van der Waals surface area contributed by atoms with Crippen molar-refractivity contribution < 1.29 is 4.79 Å². The van der Waals surface area contributed by atoms with Gasteiger partial charge in [0.2, 0.25) is 23.8 Å². The van der Waals surface area contributed by atoms with Crippen LogP contribution in [-0.2, 0) is 0 Å². The fourth-order valence-electron chi connectivity index (χ4n) is 4.57. The van der Waals surface area contributed by atoms with Crippen LogP contribution in [0.25, 0.3) is 0 Å². The zero-order valence-corrected chi connectivity index (χ0v) is 22.3. The normalized spacial score (nSPS) is 18.4. The summed E-state index contributed by atoms with van der Waals surface area (Å²) in [6.45, 7) is 13.7. The average Bonchev–Trinajstić information content (AvgIpc) is 2.75. The average molecular weight is 483 g/mol. The maximum absolute atomic E-state index is 11.7. The Bertz CT molecular complexity index is 1020. The Morgan fingerprint density at radius 2 is 1.77 bits per heavy atom. The molecule has 9 heteroatoms. The van der Waals surface area contributed by atoms with Crippen molar-refractivity contribution in [2.45, 2.75) is 85.4 Å². The van der Waals surface area contributed by atoms with Crippen LogP contribution in [0.4, 0.5) is 23.5 Å². The molecule has 5 N–H and O–H groups in total. The Morgan fingerprint density at radius 3 is 2.40 bits per heavy atom. The molecule has 1 heterocycles. The number of nitrogens with one attached hydrogen (secondary N) is 3. The first kappa shape index (κ1) is 26.7. The van der Waals surface area contributed by atoms with Gasteiger partial charge in [0.1, 0.15) is 0 Å². The molecule has 2 atom stereocenters. The zero-order chi connectivity index (χ0) is 25.8. The molecule has 1 aliphatic carbocycles. The van der Waals surface area contributed by atoms with Crippen molar-refractivity contribution >= 4 is 29.4 Å². The molecule has 1 aromatic carbocycles. The van der Waals surface area contributed by atoms with Gasteiger partial charge in [0, 0.05) is 43.0 Å². The highest BCUT2D eigenvalue weighted by molar-refractivity contribution is 5.94. The minimum Gasteiger partial charge on any atom is -0.366 e. The first-order valence-electron chi connectivity index (χ1n) is 12.6. The lowest BCUT2D eigenvalue weighted by Crippen LogP contribution is -2.48. The molecule has 0 bridgehead atoms. The fraction of sp³-hybridized carbons (Fsp3) is 0.615. The molecule has 2 aromatic rings. The summed E-state index contributed by atoms with van der Waals surface area (Å²) < 4.78 is 0. The molecule has 1 saturated carbocycles. The number of anilines is 4. The Kier molecular flexibility index (Phi) is 8.53. The van der Waals surface area contributed by atoms with Crippen molar-refractivity contribution in [2.75, 3.05) is 29.1 Å². The monoisotopic (exact) mass is 482 g/mol. The van der Waals surface area contributed by atoms with Crippen LogP contribution in [0.1, 0.15) is 76.2 Å². The van der Waals surface area contributed by atoms with Gasteiger partial charge in [-0.25, -0.2) is 0 Å². The van der Waals surface area contributed by atoms with Crippen LogP contribution in [0.5, 0.6) is 0 Å². The van der Waals surface area contributed by atoms with Crippen LogP contribution < -0.4 is 26.6 Å². The summed E-state index contributed by atoms with van der Waals surface area (Å²) in [5.74, 6) is 1.09. The van der Waals surface area contributed by atoms with Crippen LogP contribution in [0.15, 0.2) is 18.2 Å². The summed E-state index contributed by atoms with van der Waals surface area (Å²) in [6, 6.07) is 6.32. The maximum Gasteiger partial charge on any atom is 0.248 e. The van der Waals surface area contributed by atoms with Gasteiger partial charge in [0.05, 0.1) is 0 Å². The summed E-state index contributed by atoms with van der Waals surface area (Å²) in [5.41, 5.74) is 7.70. The SMILES string of the molecule is Cc1ccc(C(N)=O)cc1Nc1nc(N[C@@H]2CCCC[C@@H]2NC(C)C)nc(N(C)CC(C)(C)C)n1. The van der Waals surface area contributed by atoms with Gasteiger partial charge >= 0.3 is 0 Å². The first-order chi connectivity index (χ1) is 16.4. The van der Waals surface area contributed by atoms with Crippen LogP contribution in [0.3, 0.4) is 0 Å². The number of benzene rings is 1. The molecule has 0 radical (unpaired) electrons. The van der Waals surface area contributed by atoms with Gasteiger partial charge in [-0.05, 0) is 42.9 Å². The quantitative estimate of drug-likeness (QED) is 0.419. The highest BCUT2D eigenvalue weighted by atomic mass is 16.1. The summed E-state index contributed by atoms with van der Waals surface area (Å²) in [6.07, 6.45) is 4.59. The molecule has 0 unspecified atom stereocenters. The molecule has 3 rings (SSSR count). The van der Waals surface area contributed by atoms with Crippen molar-refractivity contribution in [3.63, 3.8) is 0 Å². The largest absolute Gasteiger partial charge is 0.366 e. The second-order valence-electron chi connectivity index (χ2n) is 11.2. The number of rotatable bonds is 9. The predicted molar refractivity (Wildman–Crippen MR) is 143 cm³/mol. The minimum absolute atomic E-state index is 0.0740. The summed E-state index contributed by atoms with van der Waals surface area (Å²) in [7, 11) is 2.00. The van der Waals surface area contributed by atoms with Crippen LogP contribution in [0.2, 0.25) is 0 Å². The van der Waals surface area contributed by atoms with E-state index in [0.29, 0.717) is 35.5 Å².